The molecule has 2 N–H and O–H groups in total. The number of carbonyl (C=O) groups excluding carboxylic acids is 1. The van der Waals surface area contributed by atoms with E-state index in [0.717, 1.165) is 37.7 Å². The number of aliphatic hydroxyl groups excluding tert-OH is 1. The Balaban J connectivity index is 1.78. The van der Waals surface area contributed by atoms with E-state index in [1.165, 1.54) is 18.2 Å². The zero-order chi connectivity index (χ0) is 20.8. The molecule has 0 unspecified atom stereocenters. The monoisotopic (exact) mass is 417 g/mol. The SMILES string of the molecule is O=C(Nc1ccc([N+](=O)[O-])cc1Cl)N(C[C@@H](O)c1ccccc1)C1CCCCC1. The normalized spacial score (nSPS) is 15.5. The fraction of sp³-hybridized carbons (Fsp3) is 0.381. The number of halogens is 1. The number of carbonyl (C=O) groups is 1. The lowest BCUT2D eigenvalue weighted by atomic mass is 9.94. The lowest BCUT2D eigenvalue weighted by Gasteiger charge is -2.35. The number of nitrogens with one attached hydrogen (secondary N) is 1. The Morgan fingerprint density at radius 1 is 1.21 bits per heavy atom. The van der Waals surface area contributed by atoms with Crippen molar-refractivity contribution in [2.75, 3.05) is 11.9 Å². The van der Waals surface area contributed by atoms with E-state index in [2.05, 4.69) is 5.32 Å². The van der Waals surface area contributed by atoms with Gasteiger partial charge in [-0.05, 0) is 24.5 Å². The van der Waals surface area contributed by atoms with E-state index in [4.69, 9.17) is 11.6 Å². The maximum Gasteiger partial charge on any atom is 0.322 e. The number of hydrogen-bond acceptors (Lipinski definition) is 4. The van der Waals surface area contributed by atoms with Crippen molar-refractivity contribution in [2.45, 2.75) is 44.2 Å². The van der Waals surface area contributed by atoms with Crippen LogP contribution in [0.3, 0.4) is 0 Å². The molecule has 0 aliphatic heterocycles. The molecule has 1 aliphatic carbocycles. The zero-order valence-corrected chi connectivity index (χ0v) is 16.7. The Bertz CT molecular complexity index is 856. The topological polar surface area (TPSA) is 95.7 Å². The number of aliphatic hydroxyl groups is 1. The Morgan fingerprint density at radius 3 is 2.52 bits per heavy atom. The summed E-state index contributed by atoms with van der Waals surface area (Å²) in [7, 11) is 0. The highest BCUT2D eigenvalue weighted by atomic mass is 35.5. The number of benzene rings is 2. The molecule has 7 nitrogen and oxygen atoms in total. The van der Waals surface area contributed by atoms with E-state index < -0.39 is 11.0 Å². The third-order valence-electron chi connectivity index (χ3n) is 5.24. The number of nitro groups is 1. The molecular formula is C21H24ClN3O4. The maximum absolute atomic E-state index is 13.1. The van der Waals surface area contributed by atoms with Gasteiger partial charge in [0, 0.05) is 18.2 Å². The van der Waals surface area contributed by atoms with Gasteiger partial charge in [-0.15, -0.1) is 0 Å². The summed E-state index contributed by atoms with van der Waals surface area (Å²) < 4.78 is 0. The highest BCUT2D eigenvalue weighted by Gasteiger charge is 2.28. The highest BCUT2D eigenvalue weighted by molar-refractivity contribution is 6.33. The summed E-state index contributed by atoms with van der Waals surface area (Å²) in [6.45, 7) is 0.158. The molecular weight excluding hydrogens is 394 g/mol. The van der Waals surface area contributed by atoms with E-state index in [9.17, 15) is 20.0 Å². The predicted molar refractivity (Wildman–Crippen MR) is 112 cm³/mol. The number of anilines is 1. The molecule has 3 rings (SSSR count). The molecule has 1 fully saturated rings. The molecule has 8 heteroatoms. The van der Waals surface area contributed by atoms with Gasteiger partial charge in [0.25, 0.3) is 5.69 Å². The Morgan fingerprint density at radius 2 is 1.90 bits per heavy atom. The van der Waals surface area contributed by atoms with Crippen molar-refractivity contribution in [2.24, 2.45) is 0 Å². The number of hydrogen-bond donors (Lipinski definition) is 2. The molecule has 0 spiro atoms. The minimum atomic E-state index is -0.809. The summed E-state index contributed by atoms with van der Waals surface area (Å²) in [5, 5.41) is 24.4. The van der Waals surface area contributed by atoms with Gasteiger partial charge in [0.05, 0.1) is 28.3 Å². The quantitative estimate of drug-likeness (QED) is 0.501. The van der Waals surface area contributed by atoms with Crippen LogP contribution in [-0.2, 0) is 0 Å². The minimum absolute atomic E-state index is 0.0268. The summed E-state index contributed by atoms with van der Waals surface area (Å²) in [6.07, 6.45) is 4.16. The van der Waals surface area contributed by atoms with Crippen LogP contribution in [0.15, 0.2) is 48.5 Å². The van der Waals surface area contributed by atoms with E-state index in [1.807, 2.05) is 30.3 Å². The standard InChI is InChI=1S/C21H24ClN3O4/c22-18-13-17(25(28)29)11-12-19(18)23-21(27)24(16-9-5-2-6-10-16)14-20(26)15-7-3-1-4-8-15/h1,3-4,7-8,11-13,16,20,26H,2,5-6,9-10,14H2,(H,23,27)/t20-/m1/s1. The highest BCUT2D eigenvalue weighted by Crippen LogP contribution is 2.29. The number of nitro benzene ring substituents is 1. The van der Waals surface area contributed by atoms with E-state index >= 15 is 0 Å². The maximum atomic E-state index is 13.1. The van der Waals surface area contributed by atoms with Gasteiger partial charge >= 0.3 is 6.03 Å². The Kier molecular flexibility index (Phi) is 7.06. The number of amides is 2. The second-order valence-electron chi connectivity index (χ2n) is 7.22. The van der Waals surface area contributed by atoms with Gasteiger partial charge in [0.1, 0.15) is 0 Å². The van der Waals surface area contributed by atoms with Gasteiger partial charge < -0.3 is 15.3 Å². The number of non-ortho nitro benzene ring substituents is 1. The van der Waals surface area contributed by atoms with E-state index in [0.29, 0.717) is 5.69 Å². The third-order valence-corrected chi connectivity index (χ3v) is 5.55. The molecule has 2 amide bonds. The third kappa shape index (κ3) is 5.46. The molecule has 0 aromatic heterocycles. The second-order valence-corrected chi connectivity index (χ2v) is 7.63. The Hall–Kier alpha value is -2.64. The fourth-order valence-corrected chi connectivity index (χ4v) is 3.89. The number of nitrogens with zero attached hydrogens (tertiary/aromatic N) is 2. The van der Waals surface area contributed by atoms with Crippen molar-refractivity contribution in [1.29, 1.82) is 0 Å². The summed E-state index contributed by atoms with van der Waals surface area (Å²) in [4.78, 5) is 25.1. The van der Waals surface area contributed by atoms with Gasteiger partial charge in [-0.3, -0.25) is 10.1 Å². The van der Waals surface area contributed by atoms with Gasteiger partial charge in [-0.25, -0.2) is 4.79 Å². The van der Waals surface area contributed by atoms with Crippen molar-refractivity contribution in [3.05, 3.63) is 69.2 Å². The average molecular weight is 418 g/mol. The van der Waals surface area contributed by atoms with Crippen LogP contribution in [0.5, 0.6) is 0 Å². The molecule has 1 atom stereocenters. The first kappa shape index (κ1) is 21.1. The van der Waals surface area contributed by atoms with Crippen LogP contribution in [0.4, 0.5) is 16.2 Å². The molecule has 1 aliphatic rings. The summed E-state index contributed by atoms with van der Waals surface area (Å²) >= 11 is 6.12. The van der Waals surface area contributed by atoms with Crippen LogP contribution in [0.2, 0.25) is 5.02 Å². The predicted octanol–water partition coefficient (Wildman–Crippen LogP) is 5.15. The van der Waals surface area contributed by atoms with Crippen molar-refractivity contribution >= 4 is 29.0 Å². The van der Waals surface area contributed by atoms with Crippen LogP contribution < -0.4 is 5.32 Å². The molecule has 29 heavy (non-hydrogen) atoms. The summed E-state index contributed by atoms with van der Waals surface area (Å²) in [5.41, 5.74) is 0.906. The number of urea groups is 1. The van der Waals surface area contributed by atoms with Crippen LogP contribution in [-0.4, -0.2) is 33.5 Å². The van der Waals surface area contributed by atoms with Gasteiger partial charge in [-0.2, -0.15) is 0 Å². The van der Waals surface area contributed by atoms with Gasteiger partial charge in [0.15, 0.2) is 0 Å². The van der Waals surface area contributed by atoms with E-state index in [1.54, 1.807) is 4.90 Å². The minimum Gasteiger partial charge on any atom is -0.387 e. The molecule has 0 heterocycles. The van der Waals surface area contributed by atoms with Crippen LogP contribution >= 0.6 is 11.6 Å². The smallest absolute Gasteiger partial charge is 0.322 e. The lowest BCUT2D eigenvalue weighted by molar-refractivity contribution is -0.384. The van der Waals surface area contributed by atoms with Crippen molar-refractivity contribution in [3.63, 3.8) is 0 Å². The fourth-order valence-electron chi connectivity index (χ4n) is 3.66. The van der Waals surface area contributed by atoms with Crippen LogP contribution in [0.1, 0.15) is 43.8 Å². The van der Waals surface area contributed by atoms with Gasteiger partial charge in [-0.1, -0.05) is 61.2 Å². The molecule has 2 aromatic carbocycles. The Labute approximate surface area is 174 Å². The average Bonchev–Trinajstić information content (AvgIpc) is 2.74. The first-order chi connectivity index (χ1) is 14.0. The lowest BCUT2D eigenvalue weighted by Crippen LogP contribution is -2.46. The molecule has 0 radical (unpaired) electrons. The molecule has 2 aromatic rings. The van der Waals surface area contributed by atoms with Gasteiger partial charge in [0.2, 0.25) is 0 Å². The molecule has 0 bridgehead atoms. The van der Waals surface area contributed by atoms with Crippen molar-refractivity contribution in [3.8, 4) is 0 Å². The van der Waals surface area contributed by atoms with Crippen molar-refractivity contribution in [1.82, 2.24) is 4.90 Å². The van der Waals surface area contributed by atoms with E-state index in [-0.39, 0.29) is 29.3 Å². The van der Waals surface area contributed by atoms with Crippen molar-refractivity contribution < 1.29 is 14.8 Å². The summed E-state index contributed by atoms with van der Waals surface area (Å²) in [6, 6.07) is 12.8. The van der Waals surface area contributed by atoms with Crippen LogP contribution in [0, 0.1) is 10.1 Å². The number of rotatable bonds is 6. The summed E-state index contributed by atoms with van der Waals surface area (Å²) in [5.74, 6) is 0. The first-order valence-corrected chi connectivity index (χ1v) is 10.1. The molecule has 1 saturated carbocycles. The molecule has 154 valence electrons. The second kappa shape index (κ2) is 9.71. The molecule has 0 saturated heterocycles. The first-order valence-electron chi connectivity index (χ1n) is 9.70. The largest absolute Gasteiger partial charge is 0.387 e. The zero-order valence-electron chi connectivity index (χ0n) is 16.0. The van der Waals surface area contributed by atoms with Crippen LogP contribution in [0.25, 0.3) is 0 Å².